The second-order valence-electron chi connectivity index (χ2n) is 6.19. The molecule has 1 aromatic carbocycles. The van der Waals surface area contributed by atoms with E-state index in [0.29, 0.717) is 18.5 Å². The SMILES string of the molecule is Cc1cc(F)cc(C(=O)N2CCCC2C2CCCC2=O)c1. The zero-order chi connectivity index (χ0) is 15.0. The monoisotopic (exact) mass is 289 g/mol. The van der Waals surface area contributed by atoms with Crippen LogP contribution in [0, 0.1) is 18.7 Å². The fourth-order valence-corrected chi connectivity index (χ4v) is 3.74. The largest absolute Gasteiger partial charge is 0.335 e. The lowest BCUT2D eigenvalue weighted by Crippen LogP contribution is -2.41. The lowest BCUT2D eigenvalue weighted by atomic mass is 9.94. The molecular formula is C17H20FNO2. The molecule has 0 aromatic heterocycles. The summed E-state index contributed by atoms with van der Waals surface area (Å²) in [6, 6.07) is 4.44. The minimum absolute atomic E-state index is 0.00824. The third-order valence-corrected chi connectivity index (χ3v) is 4.67. The van der Waals surface area contributed by atoms with Gasteiger partial charge in [-0.2, -0.15) is 0 Å². The van der Waals surface area contributed by atoms with Crippen molar-refractivity contribution in [2.45, 2.75) is 45.1 Å². The molecule has 1 aliphatic carbocycles. The maximum atomic E-state index is 13.5. The zero-order valence-corrected chi connectivity index (χ0v) is 12.3. The zero-order valence-electron chi connectivity index (χ0n) is 12.3. The lowest BCUT2D eigenvalue weighted by Gasteiger charge is -2.28. The smallest absolute Gasteiger partial charge is 0.254 e. The molecule has 112 valence electrons. The van der Waals surface area contributed by atoms with Crippen LogP contribution in [-0.2, 0) is 4.79 Å². The number of carbonyl (C=O) groups excluding carboxylic acids is 2. The third kappa shape index (κ3) is 2.71. The molecule has 0 N–H and O–H groups in total. The first-order valence-electron chi connectivity index (χ1n) is 7.67. The van der Waals surface area contributed by atoms with Crippen molar-refractivity contribution in [3.05, 3.63) is 35.1 Å². The van der Waals surface area contributed by atoms with Crippen LogP contribution in [0.4, 0.5) is 4.39 Å². The molecule has 2 atom stereocenters. The van der Waals surface area contributed by atoms with Crippen LogP contribution in [0.5, 0.6) is 0 Å². The predicted molar refractivity (Wildman–Crippen MR) is 77.5 cm³/mol. The molecule has 1 saturated carbocycles. The molecule has 1 aromatic rings. The van der Waals surface area contributed by atoms with E-state index >= 15 is 0 Å². The molecule has 1 saturated heterocycles. The topological polar surface area (TPSA) is 37.4 Å². The summed E-state index contributed by atoms with van der Waals surface area (Å²) in [4.78, 5) is 26.4. The standard InChI is InChI=1S/C17H20FNO2/c1-11-8-12(10-13(18)9-11)17(21)19-7-3-5-15(19)14-4-2-6-16(14)20/h8-10,14-15H,2-7H2,1H3. The second-order valence-corrected chi connectivity index (χ2v) is 6.19. The summed E-state index contributed by atoms with van der Waals surface area (Å²) in [5.74, 6) is -0.243. The van der Waals surface area contributed by atoms with Crippen LogP contribution in [0.15, 0.2) is 18.2 Å². The Balaban J connectivity index is 1.84. The Kier molecular flexibility index (Phi) is 3.79. The van der Waals surface area contributed by atoms with Crippen molar-refractivity contribution in [3.8, 4) is 0 Å². The van der Waals surface area contributed by atoms with Gasteiger partial charge in [0.25, 0.3) is 5.91 Å². The number of hydrogen-bond acceptors (Lipinski definition) is 2. The molecule has 1 amide bonds. The molecule has 2 fully saturated rings. The highest BCUT2D eigenvalue weighted by Gasteiger charge is 2.40. The van der Waals surface area contributed by atoms with Crippen LogP contribution in [0.25, 0.3) is 0 Å². The van der Waals surface area contributed by atoms with E-state index in [4.69, 9.17) is 0 Å². The molecule has 3 rings (SSSR count). The molecule has 2 unspecified atom stereocenters. The lowest BCUT2D eigenvalue weighted by molar-refractivity contribution is -0.121. The van der Waals surface area contributed by atoms with Gasteiger partial charge in [-0.1, -0.05) is 0 Å². The summed E-state index contributed by atoms with van der Waals surface area (Å²) < 4.78 is 13.5. The van der Waals surface area contributed by atoms with Gasteiger partial charge in [0, 0.05) is 30.5 Å². The molecule has 21 heavy (non-hydrogen) atoms. The Morgan fingerprint density at radius 3 is 2.71 bits per heavy atom. The number of hydrogen-bond donors (Lipinski definition) is 0. The average Bonchev–Trinajstić information content (AvgIpc) is 3.04. The molecule has 2 aliphatic rings. The minimum Gasteiger partial charge on any atom is -0.335 e. The highest BCUT2D eigenvalue weighted by molar-refractivity contribution is 5.95. The number of halogens is 1. The maximum absolute atomic E-state index is 13.5. The first-order chi connectivity index (χ1) is 10.1. The molecule has 1 aliphatic heterocycles. The average molecular weight is 289 g/mol. The quantitative estimate of drug-likeness (QED) is 0.839. The Bertz CT molecular complexity index is 564. The molecule has 3 nitrogen and oxygen atoms in total. The van der Waals surface area contributed by atoms with Crippen molar-refractivity contribution in [2.75, 3.05) is 6.54 Å². The number of carbonyl (C=O) groups is 2. The number of rotatable bonds is 2. The van der Waals surface area contributed by atoms with Gasteiger partial charge >= 0.3 is 0 Å². The molecule has 0 bridgehead atoms. The van der Waals surface area contributed by atoms with E-state index in [1.807, 2.05) is 0 Å². The van der Waals surface area contributed by atoms with Gasteiger partial charge in [-0.15, -0.1) is 0 Å². The summed E-state index contributed by atoms with van der Waals surface area (Å²) in [6.45, 7) is 2.45. The summed E-state index contributed by atoms with van der Waals surface area (Å²) >= 11 is 0. The molecule has 0 spiro atoms. The Hall–Kier alpha value is -1.71. The summed E-state index contributed by atoms with van der Waals surface area (Å²) in [6.07, 6.45) is 4.27. The number of amides is 1. The van der Waals surface area contributed by atoms with Gasteiger partial charge in [0.05, 0.1) is 0 Å². The van der Waals surface area contributed by atoms with Crippen LogP contribution >= 0.6 is 0 Å². The molecule has 1 heterocycles. The molecule has 4 heteroatoms. The number of nitrogens with zero attached hydrogens (tertiary/aromatic N) is 1. The van der Waals surface area contributed by atoms with Gasteiger partial charge in [-0.25, -0.2) is 4.39 Å². The first kappa shape index (κ1) is 14.2. The van der Waals surface area contributed by atoms with Crippen LogP contribution in [-0.4, -0.2) is 29.2 Å². The van der Waals surface area contributed by atoms with Crippen LogP contribution in [0.1, 0.15) is 48.0 Å². The van der Waals surface area contributed by atoms with Crippen molar-refractivity contribution in [2.24, 2.45) is 5.92 Å². The van der Waals surface area contributed by atoms with E-state index < -0.39 is 0 Å². The minimum atomic E-state index is -0.383. The predicted octanol–water partition coefficient (Wildman–Crippen LogP) is 3.11. The fourth-order valence-electron chi connectivity index (χ4n) is 3.74. The van der Waals surface area contributed by atoms with Crippen LogP contribution in [0.3, 0.4) is 0 Å². The van der Waals surface area contributed by atoms with E-state index in [9.17, 15) is 14.0 Å². The van der Waals surface area contributed by atoms with Gasteiger partial charge in [-0.3, -0.25) is 9.59 Å². The summed E-state index contributed by atoms with van der Waals surface area (Å²) in [7, 11) is 0. The fraction of sp³-hybridized carbons (Fsp3) is 0.529. The van der Waals surface area contributed by atoms with Gasteiger partial charge < -0.3 is 4.90 Å². The Morgan fingerprint density at radius 2 is 2.05 bits per heavy atom. The van der Waals surface area contributed by atoms with E-state index in [1.165, 1.54) is 12.1 Å². The van der Waals surface area contributed by atoms with Crippen LogP contribution in [0.2, 0.25) is 0 Å². The number of ketones is 1. The van der Waals surface area contributed by atoms with Gasteiger partial charge in [0.1, 0.15) is 11.6 Å². The van der Waals surface area contributed by atoms with Crippen molar-refractivity contribution in [1.82, 2.24) is 4.90 Å². The van der Waals surface area contributed by atoms with E-state index in [2.05, 4.69) is 0 Å². The maximum Gasteiger partial charge on any atom is 0.254 e. The molecular weight excluding hydrogens is 269 g/mol. The molecule has 0 radical (unpaired) electrons. The van der Waals surface area contributed by atoms with Crippen molar-refractivity contribution in [1.29, 1.82) is 0 Å². The second kappa shape index (κ2) is 5.58. The first-order valence-corrected chi connectivity index (χ1v) is 7.67. The number of likely N-dealkylation sites (tertiary alicyclic amines) is 1. The van der Waals surface area contributed by atoms with Crippen LogP contribution < -0.4 is 0 Å². The Labute approximate surface area is 124 Å². The highest BCUT2D eigenvalue weighted by Crippen LogP contribution is 2.34. The Morgan fingerprint density at radius 1 is 1.24 bits per heavy atom. The highest BCUT2D eigenvalue weighted by atomic mass is 19.1. The van der Waals surface area contributed by atoms with E-state index in [1.54, 1.807) is 17.9 Å². The van der Waals surface area contributed by atoms with Crippen molar-refractivity contribution < 1.29 is 14.0 Å². The van der Waals surface area contributed by atoms with Gasteiger partial charge in [0.2, 0.25) is 0 Å². The van der Waals surface area contributed by atoms with Crippen molar-refractivity contribution >= 4 is 11.7 Å². The number of Topliss-reactive ketones (excluding diaryl/α,β-unsaturated/α-hetero) is 1. The normalized spacial score (nSPS) is 25.6. The van der Waals surface area contributed by atoms with Crippen molar-refractivity contribution in [3.63, 3.8) is 0 Å². The number of aryl methyl sites for hydroxylation is 1. The summed E-state index contributed by atoms with van der Waals surface area (Å²) in [5, 5.41) is 0. The van der Waals surface area contributed by atoms with E-state index in [-0.39, 0.29) is 29.5 Å². The van der Waals surface area contributed by atoms with E-state index in [0.717, 1.165) is 31.2 Å². The van der Waals surface area contributed by atoms with Gasteiger partial charge in [0.15, 0.2) is 0 Å². The van der Waals surface area contributed by atoms with Gasteiger partial charge in [-0.05, 0) is 56.4 Å². The summed E-state index contributed by atoms with van der Waals surface area (Å²) in [5.41, 5.74) is 1.14. The third-order valence-electron chi connectivity index (χ3n) is 4.67. The number of benzene rings is 1.